The number of pyridine rings is 1. The van der Waals surface area contributed by atoms with Crippen molar-refractivity contribution in [3.63, 3.8) is 0 Å². The molecule has 2 N–H and O–H groups in total. The Bertz CT molecular complexity index is 628. The molecule has 21 heavy (non-hydrogen) atoms. The molecule has 0 saturated carbocycles. The molecular formula is C14H13N5O2. The molecule has 1 heterocycles. The van der Waals surface area contributed by atoms with Crippen molar-refractivity contribution in [3.05, 3.63) is 60.4 Å². The van der Waals surface area contributed by atoms with Crippen LogP contribution in [0.3, 0.4) is 0 Å². The lowest BCUT2D eigenvalue weighted by molar-refractivity contribution is 0.244. The van der Waals surface area contributed by atoms with Gasteiger partial charge in [-0.3, -0.25) is 4.98 Å². The van der Waals surface area contributed by atoms with E-state index in [9.17, 15) is 9.59 Å². The van der Waals surface area contributed by atoms with Gasteiger partial charge in [-0.1, -0.05) is 34.5 Å². The molecule has 0 aliphatic rings. The molecule has 106 valence electrons. The number of nitrogens with zero attached hydrogens (tertiary/aromatic N) is 3. The van der Waals surface area contributed by atoms with Crippen LogP contribution in [0.15, 0.2) is 65.0 Å². The summed E-state index contributed by atoms with van der Waals surface area (Å²) >= 11 is 0. The van der Waals surface area contributed by atoms with Gasteiger partial charge in [0, 0.05) is 11.9 Å². The van der Waals surface area contributed by atoms with Crippen molar-refractivity contribution >= 4 is 17.7 Å². The van der Waals surface area contributed by atoms with E-state index in [0.29, 0.717) is 11.4 Å². The monoisotopic (exact) mass is 283 g/mol. The fraction of sp³-hybridized carbons (Fsp3) is 0.0714. The summed E-state index contributed by atoms with van der Waals surface area (Å²) in [5, 5.41) is 11.5. The van der Waals surface area contributed by atoms with E-state index < -0.39 is 12.1 Å². The smallest absolute Gasteiger partial charge is 0.329 e. The van der Waals surface area contributed by atoms with Crippen LogP contribution in [0.5, 0.6) is 0 Å². The number of carbonyl (C=O) groups is 2. The molecule has 0 saturated heterocycles. The summed E-state index contributed by atoms with van der Waals surface area (Å²) in [5.74, 6) is 0. The molecule has 2 rings (SSSR count). The van der Waals surface area contributed by atoms with E-state index in [2.05, 4.69) is 25.8 Å². The molecule has 0 bridgehead atoms. The Kier molecular flexibility index (Phi) is 5.11. The molecule has 0 aliphatic heterocycles. The fourth-order valence-corrected chi connectivity index (χ4v) is 1.47. The number of urea groups is 2. The summed E-state index contributed by atoms with van der Waals surface area (Å²) in [5.41, 5.74) is 1.27. The van der Waals surface area contributed by atoms with E-state index in [-0.39, 0.29) is 6.54 Å². The molecule has 2 aromatic rings. The molecule has 4 amide bonds. The first-order valence-electron chi connectivity index (χ1n) is 6.19. The quantitative estimate of drug-likeness (QED) is 0.847. The van der Waals surface area contributed by atoms with Gasteiger partial charge >= 0.3 is 12.1 Å². The Labute approximate surface area is 121 Å². The highest BCUT2D eigenvalue weighted by Crippen LogP contribution is 2.05. The maximum absolute atomic E-state index is 11.4. The molecule has 0 radical (unpaired) electrons. The molecule has 1 aromatic heterocycles. The van der Waals surface area contributed by atoms with Crippen LogP contribution in [0.2, 0.25) is 0 Å². The van der Waals surface area contributed by atoms with Crippen LogP contribution in [-0.2, 0) is 6.54 Å². The largest absolute Gasteiger partial charge is 0.364 e. The maximum atomic E-state index is 11.4. The summed E-state index contributed by atoms with van der Waals surface area (Å²) < 4.78 is 0. The topological polar surface area (TPSA) is 95.8 Å². The second-order valence-electron chi connectivity index (χ2n) is 3.98. The Morgan fingerprint density at radius 1 is 0.952 bits per heavy atom. The number of para-hydroxylation sites is 1. The number of amides is 4. The highest BCUT2D eigenvalue weighted by atomic mass is 16.2. The predicted molar refractivity (Wildman–Crippen MR) is 76.8 cm³/mol. The molecule has 7 nitrogen and oxygen atoms in total. The van der Waals surface area contributed by atoms with Gasteiger partial charge in [0.1, 0.15) is 0 Å². The lowest BCUT2D eigenvalue weighted by Gasteiger charge is -2.00. The van der Waals surface area contributed by atoms with Gasteiger partial charge in [-0.25, -0.2) is 9.59 Å². The van der Waals surface area contributed by atoms with Gasteiger partial charge < -0.3 is 10.6 Å². The third-order valence-electron chi connectivity index (χ3n) is 2.40. The highest BCUT2D eigenvalue weighted by molar-refractivity contribution is 5.90. The number of nitrogens with one attached hydrogen (secondary N) is 2. The zero-order valence-electron chi connectivity index (χ0n) is 11.1. The average Bonchev–Trinajstić information content (AvgIpc) is 2.53. The zero-order valence-corrected chi connectivity index (χ0v) is 11.1. The SMILES string of the molecule is O=C(/N=N/C(=O)Nc1ccccc1)NCc1ccccn1. The molecule has 0 atom stereocenters. The predicted octanol–water partition coefficient (Wildman–Crippen LogP) is 2.98. The summed E-state index contributed by atoms with van der Waals surface area (Å²) in [4.78, 5) is 26.9. The molecule has 0 aliphatic carbocycles. The van der Waals surface area contributed by atoms with E-state index in [1.54, 1.807) is 42.6 Å². The van der Waals surface area contributed by atoms with Gasteiger partial charge in [-0.05, 0) is 24.3 Å². The standard InChI is InChI=1S/C14H13N5O2/c20-13(16-10-12-8-4-5-9-15-12)18-19-14(21)17-11-6-2-1-3-7-11/h1-9H,10H2,(H,16,20)(H,17,21)/b19-18+. The molecule has 1 aromatic carbocycles. The number of carbonyl (C=O) groups excluding carboxylic acids is 2. The number of rotatable bonds is 3. The minimum atomic E-state index is -0.714. The van der Waals surface area contributed by atoms with E-state index in [1.807, 2.05) is 12.1 Å². The van der Waals surface area contributed by atoms with Crippen molar-refractivity contribution in [2.45, 2.75) is 6.54 Å². The molecule has 0 fully saturated rings. The van der Waals surface area contributed by atoms with Gasteiger partial charge in [0.25, 0.3) is 0 Å². The number of benzene rings is 1. The minimum Gasteiger partial charge on any atom is -0.329 e. The Morgan fingerprint density at radius 2 is 1.67 bits per heavy atom. The maximum Gasteiger partial charge on any atom is 0.364 e. The zero-order chi connectivity index (χ0) is 14.9. The summed E-state index contributed by atoms with van der Waals surface area (Å²) in [7, 11) is 0. The first-order valence-corrected chi connectivity index (χ1v) is 6.19. The first-order chi connectivity index (χ1) is 10.2. The number of hydrogen-bond acceptors (Lipinski definition) is 3. The lowest BCUT2D eigenvalue weighted by Crippen LogP contribution is -2.19. The van der Waals surface area contributed by atoms with Crippen LogP contribution in [0.4, 0.5) is 15.3 Å². The van der Waals surface area contributed by atoms with Crippen LogP contribution in [0.1, 0.15) is 5.69 Å². The Balaban J connectivity index is 1.78. The van der Waals surface area contributed by atoms with E-state index in [1.165, 1.54) is 0 Å². The average molecular weight is 283 g/mol. The Morgan fingerprint density at radius 3 is 2.38 bits per heavy atom. The third-order valence-corrected chi connectivity index (χ3v) is 2.40. The normalized spacial score (nSPS) is 10.3. The third kappa shape index (κ3) is 5.19. The first kappa shape index (κ1) is 14.3. The van der Waals surface area contributed by atoms with Crippen LogP contribution in [0, 0.1) is 0 Å². The van der Waals surface area contributed by atoms with Crippen LogP contribution in [0.25, 0.3) is 0 Å². The van der Waals surface area contributed by atoms with Gasteiger partial charge in [0.15, 0.2) is 0 Å². The fourth-order valence-electron chi connectivity index (χ4n) is 1.47. The Hall–Kier alpha value is -3.09. The van der Waals surface area contributed by atoms with Crippen LogP contribution >= 0.6 is 0 Å². The van der Waals surface area contributed by atoms with Crippen LogP contribution in [-0.4, -0.2) is 17.0 Å². The van der Waals surface area contributed by atoms with Crippen molar-refractivity contribution in [2.75, 3.05) is 5.32 Å². The van der Waals surface area contributed by atoms with Gasteiger partial charge in [0.2, 0.25) is 0 Å². The summed E-state index contributed by atoms with van der Waals surface area (Å²) in [6.45, 7) is 0.221. The number of aromatic nitrogens is 1. The van der Waals surface area contributed by atoms with E-state index in [0.717, 1.165) is 0 Å². The second kappa shape index (κ2) is 7.49. The van der Waals surface area contributed by atoms with Crippen molar-refractivity contribution < 1.29 is 9.59 Å². The second-order valence-corrected chi connectivity index (χ2v) is 3.98. The highest BCUT2D eigenvalue weighted by Gasteiger charge is 2.02. The number of azo groups is 1. The minimum absolute atomic E-state index is 0.221. The van der Waals surface area contributed by atoms with Gasteiger partial charge in [-0.15, -0.1) is 0 Å². The van der Waals surface area contributed by atoms with Crippen molar-refractivity contribution in [1.29, 1.82) is 0 Å². The van der Waals surface area contributed by atoms with Gasteiger partial charge in [-0.2, -0.15) is 0 Å². The number of anilines is 1. The van der Waals surface area contributed by atoms with Crippen molar-refractivity contribution in [1.82, 2.24) is 10.3 Å². The van der Waals surface area contributed by atoms with Crippen LogP contribution < -0.4 is 10.6 Å². The summed E-state index contributed by atoms with van der Waals surface area (Å²) in [6, 6.07) is 12.7. The van der Waals surface area contributed by atoms with E-state index in [4.69, 9.17) is 0 Å². The van der Waals surface area contributed by atoms with Crippen molar-refractivity contribution in [2.24, 2.45) is 10.2 Å². The lowest BCUT2D eigenvalue weighted by atomic mass is 10.3. The molecule has 7 heteroatoms. The number of hydrogen-bond donors (Lipinski definition) is 2. The molecule has 0 spiro atoms. The van der Waals surface area contributed by atoms with Crippen molar-refractivity contribution in [3.8, 4) is 0 Å². The summed E-state index contributed by atoms with van der Waals surface area (Å²) in [6.07, 6.45) is 1.62. The molecular weight excluding hydrogens is 270 g/mol. The van der Waals surface area contributed by atoms with Gasteiger partial charge in [0.05, 0.1) is 12.2 Å². The molecule has 0 unspecified atom stereocenters. The van der Waals surface area contributed by atoms with E-state index >= 15 is 0 Å².